The average molecular weight is 340 g/mol. The molecule has 2 heterocycles. The van der Waals surface area contributed by atoms with Crippen LogP contribution in [0, 0.1) is 0 Å². The molecule has 0 saturated carbocycles. The fourth-order valence-electron chi connectivity index (χ4n) is 2.75. The summed E-state index contributed by atoms with van der Waals surface area (Å²) in [7, 11) is 2.00. The van der Waals surface area contributed by atoms with Crippen LogP contribution in [0.3, 0.4) is 0 Å². The molecule has 0 aliphatic heterocycles. The maximum Gasteiger partial charge on any atom is 0.227 e. The standard InChI is InChI=1S/C18H24N6O/c1-4-23(5-2)10-9-22(3)18-19-12-16-17(21-18)24(13-20-16)14-7-6-8-15(25)11-14/h6-8,11-13,25H,4-5,9-10H2,1-3H3. The number of hydrogen-bond donors (Lipinski definition) is 1. The number of phenolic OH excluding ortho intramolecular Hbond substituents is 1. The number of nitrogens with zero attached hydrogens (tertiary/aromatic N) is 6. The van der Waals surface area contributed by atoms with Crippen molar-refractivity contribution in [3.63, 3.8) is 0 Å². The maximum absolute atomic E-state index is 9.72. The van der Waals surface area contributed by atoms with Crippen LogP contribution in [0.1, 0.15) is 13.8 Å². The number of imidazole rings is 1. The fourth-order valence-corrected chi connectivity index (χ4v) is 2.75. The second-order valence-corrected chi connectivity index (χ2v) is 5.96. The predicted octanol–water partition coefficient (Wildman–Crippen LogP) is 2.30. The highest BCUT2D eigenvalue weighted by atomic mass is 16.3. The smallest absolute Gasteiger partial charge is 0.227 e. The molecule has 0 bridgehead atoms. The lowest BCUT2D eigenvalue weighted by Gasteiger charge is -2.23. The van der Waals surface area contributed by atoms with Crippen molar-refractivity contribution in [1.29, 1.82) is 0 Å². The summed E-state index contributed by atoms with van der Waals surface area (Å²) in [6.45, 7) is 8.23. The molecule has 1 aromatic carbocycles. The van der Waals surface area contributed by atoms with Gasteiger partial charge in [0, 0.05) is 26.2 Å². The summed E-state index contributed by atoms with van der Waals surface area (Å²) in [6, 6.07) is 7.04. The van der Waals surface area contributed by atoms with Gasteiger partial charge in [0.05, 0.1) is 11.9 Å². The van der Waals surface area contributed by atoms with Gasteiger partial charge in [-0.1, -0.05) is 19.9 Å². The van der Waals surface area contributed by atoms with Crippen LogP contribution in [0.15, 0.2) is 36.8 Å². The summed E-state index contributed by atoms with van der Waals surface area (Å²) in [5.41, 5.74) is 2.27. The van der Waals surface area contributed by atoms with Gasteiger partial charge in [-0.15, -0.1) is 0 Å². The largest absolute Gasteiger partial charge is 0.508 e. The lowest BCUT2D eigenvalue weighted by atomic mass is 10.3. The predicted molar refractivity (Wildman–Crippen MR) is 99.4 cm³/mol. The minimum Gasteiger partial charge on any atom is -0.508 e. The molecule has 0 fully saturated rings. The molecule has 1 N–H and O–H groups in total. The molecule has 7 heteroatoms. The highest BCUT2D eigenvalue weighted by Gasteiger charge is 2.12. The molecule has 0 unspecified atom stereocenters. The van der Waals surface area contributed by atoms with Gasteiger partial charge in [-0.3, -0.25) is 4.57 Å². The Hall–Kier alpha value is -2.67. The molecule has 0 atom stereocenters. The zero-order chi connectivity index (χ0) is 17.8. The summed E-state index contributed by atoms with van der Waals surface area (Å²) in [5.74, 6) is 0.881. The van der Waals surface area contributed by atoms with Crippen molar-refractivity contribution >= 4 is 17.1 Å². The van der Waals surface area contributed by atoms with E-state index in [0.29, 0.717) is 5.95 Å². The molecule has 3 aromatic rings. The lowest BCUT2D eigenvalue weighted by molar-refractivity contribution is 0.310. The van der Waals surface area contributed by atoms with Crippen LogP contribution in [-0.2, 0) is 0 Å². The quantitative estimate of drug-likeness (QED) is 0.712. The Bertz CT molecular complexity index is 842. The van der Waals surface area contributed by atoms with Gasteiger partial charge in [0.1, 0.15) is 17.6 Å². The van der Waals surface area contributed by atoms with Gasteiger partial charge in [-0.2, -0.15) is 4.98 Å². The van der Waals surface area contributed by atoms with E-state index in [1.807, 2.05) is 17.7 Å². The molecule has 0 spiro atoms. The first-order valence-electron chi connectivity index (χ1n) is 8.55. The number of rotatable bonds is 7. The average Bonchev–Trinajstić information content (AvgIpc) is 3.05. The first kappa shape index (κ1) is 17.2. The molecular weight excluding hydrogens is 316 g/mol. The molecule has 0 saturated heterocycles. The molecule has 2 aromatic heterocycles. The van der Waals surface area contributed by atoms with Crippen LogP contribution >= 0.6 is 0 Å². The van der Waals surface area contributed by atoms with Crippen LogP contribution < -0.4 is 4.90 Å². The van der Waals surface area contributed by atoms with Crippen LogP contribution in [-0.4, -0.2) is 62.8 Å². The van der Waals surface area contributed by atoms with Gasteiger partial charge < -0.3 is 14.9 Å². The zero-order valence-electron chi connectivity index (χ0n) is 14.9. The Morgan fingerprint density at radius 3 is 2.64 bits per heavy atom. The van der Waals surface area contributed by atoms with E-state index in [9.17, 15) is 5.11 Å². The van der Waals surface area contributed by atoms with Gasteiger partial charge in [0.15, 0.2) is 5.65 Å². The van der Waals surface area contributed by atoms with Crippen molar-refractivity contribution in [2.75, 3.05) is 38.1 Å². The van der Waals surface area contributed by atoms with Gasteiger partial charge in [0.2, 0.25) is 5.95 Å². The molecule has 0 aliphatic rings. The van der Waals surface area contributed by atoms with E-state index >= 15 is 0 Å². The Morgan fingerprint density at radius 2 is 1.92 bits per heavy atom. The Balaban J connectivity index is 1.87. The van der Waals surface area contributed by atoms with Crippen molar-refractivity contribution in [1.82, 2.24) is 24.4 Å². The second-order valence-electron chi connectivity index (χ2n) is 5.96. The Kier molecular flexibility index (Phi) is 5.14. The first-order valence-corrected chi connectivity index (χ1v) is 8.55. The van der Waals surface area contributed by atoms with Crippen molar-refractivity contribution in [2.45, 2.75) is 13.8 Å². The zero-order valence-corrected chi connectivity index (χ0v) is 14.9. The number of phenols is 1. The minimum atomic E-state index is 0.213. The number of aromatic nitrogens is 4. The maximum atomic E-state index is 9.72. The molecule has 132 valence electrons. The topological polar surface area (TPSA) is 70.3 Å². The Labute approximate surface area is 147 Å². The first-order chi connectivity index (χ1) is 12.1. The summed E-state index contributed by atoms with van der Waals surface area (Å²) >= 11 is 0. The monoisotopic (exact) mass is 340 g/mol. The number of benzene rings is 1. The molecule has 7 nitrogen and oxygen atoms in total. The molecule has 25 heavy (non-hydrogen) atoms. The number of hydrogen-bond acceptors (Lipinski definition) is 6. The van der Waals surface area contributed by atoms with E-state index in [2.05, 4.69) is 38.6 Å². The highest BCUT2D eigenvalue weighted by molar-refractivity contribution is 5.73. The number of likely N-dealkylation sites (N-methyl/N-ethyl adjacent to an activating group) is 2. The highest BCUT2D eigenvalue weighted by Crippen LogP contribution is 2.20. The van der Waals surface area contributed by atoms with E-state index in [1.165, 1.54) is 0 Å². The van der Waals surface area contributed by atoms with Crippen LogP contribution in [0.4, 0.5) is 5.95 Å². The van der Waals surface area contributed by atoms with Gasteiger partial charge >= 0.3 is 0 Å². The summed E-state index contributed by atoms with van der Waals surface area (Å²) in [5, 5.41) is 9.72. The SMILES string of the molecule is CCN(CC)CCN(C)c1ncc2ncn(-c3cccc(O)c3)c2n1. The van der Waals surface area contributed by atoms with Gasteiger partial charge in [0.25, 0.3) is 0 Å². The van der Waals surface area contributed by atoms with E-state index < -0.39 is 0 Å². The van der Waals surface area contributed by atoms with Crippen LogP contribution in [0.5, 0.6) is 5.75 Å². The van der Waals surface area contributed by atoms with Gasteiger partial charge in [-0.25, -0.2) is 9.97 Å². The number of aromatic hydroxyl groups is 1. The molecular formula is C18H24N6O. The minimum absolute atomic E-state index is 0.213. The summed E-state index contributed by atoms with van der Waals surface area (Å²) in [4.78, 5) is 17.9. The van der Waals surface area contributed by atoms with Gasteiger partial charge in [-0.05, 0) is 25.2 Å². The van der Waals surface area contributed by atoms with Crippen molar-refractivity contribution in [3.8, 4) is 11.4 Å². The Morgan fingerprint density at radius 1 is 1.12 bits per heavy atom. The van der Waals surface area contributed by atoms with E-state index in [1.54, 1.807) is 30.7 Å². The van der Waals surface area contributed by atoms with Crippen molar-refractivity contribution in [2.24, 2.45) is 0 Å². The number of fused-ring (bicyclic) bond motifs is 1. The summed E-state index contributed by atoms with van der Waals surface area (Å²) in [6.07, 6.45) is 3.44. The van der Waals surface area contributed by atoms with E-state index in [4.69, 9.17) is 0 Å². The molecule has 0 radical (unpaired) electrons. The second kappa shape index (κ2) is 7.48. The normalized spacial score (nSPS) is 11.4. The molecule has 0 amide bonds. The van der Waals surface area contributed by atoms with Crippen LogP contribution in [0.2, 0.25) is 0 Å². The van der Waals surface area contributed by atoms with Crippen LogP contribution in [0.25, 0.3) is 16.9 Å². The third-order valence-electron chi connectivity index (χ3n) is 4.37. The molecule has 0 aliphatic carbocycles. The van der Waals surface area contributed by atoms with Crippen molar-refractivity contribution < 1.29 is 5.11 Å². The summed E-state index contributed by atoms with van der Waals surface area (Å²) < 4.78 is 1.86. The van der Waals surface area contributed by atoms with E-state index in [0.717, 1.165) is 43.0 Å². The van der Waals surface area contributed by atoms with E-state index in [-0.39, 0.29) is 5.75 Å². The third kappa shape index (κ3) is 3.71. The fraction of sp³-hybridized carbons (Fsp3) is 0.389. The lowest BCUT2D eigenvalue weighted by Crippen LogP contribution is -2.33. The third-order valence-corrected chi connectivity index (χ3v) is 4.37. The molecule has 3 rings (SSSR count). The number of anilines is 1. The van der Waals surface area contributed by atoms with Crippen molar-refractivity contribution in [3.05, 3.63) is 36.8 Å².